The van der Waals surface area contributed by atoms with Crippen LogP contribution in [-0.4, -0.2) is 5.11 Å². The first-order chi connectivity index (χ1) is 11.7. The lowest BCUT2D eigenvalue weighted by Crippen LogP contribution is -2.07. The number of hydrogen-bond donors (Lipinski definition) is 1. The molecule has 1 N–H and O–H groups in total. The molecule has 0 amide bonds. The summed E-state index contributed by atoms with van der Waals surface area (Å²) in [5.41, 5.74) is 3.11. The first-order valence-corrected chi connectivity index (χ1v) is 9.01. The number of hydrogen-bond acceptors (Lipinski definition) is 2. The maximum absolute atomic E-state index is 9.72. The Kier molecular flexibility index (Phi) is 4.90. The summed E-state index contributed by atoms with van der Waals surface area (Å²) in [4.78, 5) is 0. The van der Waals surface area contributed by atoms with Gasteiger partial charge >= 0.3 is 0 Å². The van der Waals surface area contributed by atoms with E-state index in [1.807, 2.05) is 12.1 Å². The van der Waals surface area contributed by atoms with E-state index in [-0.39, 0.29) is 11.2 Å². The van der Waals surface area contributed by atoms with Crippen molar-refractivity contribution >= 4 is 0 Å². The molecule has 0 radical (unpaired) electrons. The standard InChI is InChI=1S/C22H25NO/c1-2-3-4-5-6-20-15-22(20,16-23)19-11-7-17(8-12-19)18-9-13-21(24)14-10-18/h7-14,20,24H,2-6,15H2,1H3/t20-,22-/m0/s1. The van der Waals surface area contributed by atoms with Crippen LogP contribution in [0.15, 0.2) is 48.5 Å². The van der Waals surface area contributed by atoms with Gasteiger partial charge in [0.05, 0.1) is 11.5 Å². The lowest BCUT2D eigenvalue weighted by molar-refractivity contribution is 0.475. The van der Waals surface area contributed by atoms with Gasteiger partial charge in [0.25, 0.3) is 0 Å². The molecule has 1 fully saturated rings. The highest BCUT2D eigenvalue weighted by Gasteiger charge is 2.55. The number of unbranched alkanes of at least 4 members (excludes halogenated alkanes) is 3. The zero-order valence-electron chi connectivity index (χ0n) is 14.3. The Morgan fingerprint density at radius 2 is 1.62 bits per heavy atom. The molecule has 24 heavy (non-hydrogen) atoms. The Morgan fingerprint density at radius 3 is 2.21 bits per heavy atom. The fourth-order valence-corrected chi connectivity index (χ4v) is 3.66. The minimum Gasteiger partial charge on any atom is -0.508 e. The second-order valence-electron chi connectivity index (χ2n) is 6.96. The van der Waals surface area contributed by atoms with Gasteiger partial charge in [0.15, 0.2) is 0 Å². The van der Waals surface area contributed by atoms with Crippen LogP contribution < -0.4 is 0 Å². The Labute approximate surface area is 144 Å². The Morgan fingerprint density at radius 1 is 1.00 bits per heavy atom. The molecule has 0 heterocycles. The van der Waals surface area contributed by atoms with Gasteiger partial charge in [0.2, 0.25) is 0 Å². The predicted molar refractivity (Wildman–Crippen MR) is 97.7 cm³/mol. The van der Waals surface area contributed by atoms with E-state index in [4.69, 9.17) is 0 Å². The quantitative estimate of drug-likeness (QED) is 0.654. The highest BCUT2D eigenvalue weighted by atomic mass is 16.3. The van der Waals surface area contributed by atoms with Crippen LogP contribution in [0.5, 0.6) is 5.75 Å². The molecular weight excluding hydrogens is 294 g/mol. The molecule has 3 rings (SSSR count). The largest absolute Gasteiger partial charge is 0.508 e. The van der Waals surface area contributed by atoms with Gasteiger partial charge in [0.1, 0.15) is 5.75 Å². The van der Waals surface area contributed by atoms with E-state index < -0.39 is 0 Å². The molecule has 2 nitrogen and oxygen atoms in total. The Balaban J connectivity index is 1.68. The van der Waals surface area contributed by atoms with Crippen molar-refractivity contribution in [3.63, 3.8) is 0 Å². The SMILES string of the molecule is CCCCCC[C@H]1C[C@]1(C#N)c1ccc(-c2ccc(O)cc2)cc1. The van der Waals surface area contributed by atoms with Gasteiger partial charge in [-0.15, -0.1) is 0 Å². The van der Waals surface area contributed by atoms with Crippen LogP contribution in [0.1, 0.15) is 51.0 Å². The van der Waals surface area contributed by atoms with Crippen molar-refractivity contribution in [2.75, 3.05) is 0 Å². The minimum atomic E-state index is -0.250. The summed E-state index contributed by atoms with van der Waals surface area (Å²) in [6, 6.07) is 18.2. The number of phenols is 1. The fraction of sp³-hybridized carbons (Fsp3) is 0.409. The number of nitrogens with zero attached hydrogens (tertiary/aromatic N) is 1. The molecule has 0 bridgehead atoms. The third kappa shape index (κ3) is 3.31. The van der Waals surface area contributed by atoms with Crippen LogP contribution in [0.4, 0.5) is 0 Å². The van der Waals surface area contributed by atoms with Crippen molar-refractivity contribution in [2.24, 2.45) is 5.92 Å². The number of phenolic OH excluding ortho intramolecular Hbond substituents is 1. The van der Waals surface area contributed by atoms with E-state index >= 15 is 0 Å². The maximum atomic E-state index is 9.72. The second kappa shape index (κ2) is 7.09. The molecule has 0 aromatic heterocycles. The van der Waals surface area contributed by atoms with Gasteiger partial charge in [-0.2, -0.15) is 5.26 Å². The van der Waals surface area contributed by atoms with E-state index in [9.17, 15) is 10.4 Å². The number of rotatable bonds is 7. The van der Waals surface area contributed by atoms with Gasteiger partial charge in [0, 0.05) is 0 Å². The van der Waals surface area contributed by atoms with Crippen molar-refractivity contribution in [1.29, 1.82) is 5.26 Å². The monoisotopic (exact) mass is 319 g/mol. The average molecular weight is 319 g/mol. The topological polar surface area (TPSA) is 44.0 Å². The van der Waals surface area contributed by atoms with Crippen LogP contribution >= 0.6 is 0 Å². The van der Waals surface area contributed by atoms with Crippen LogP contribution in [0.2, 0.25) is 0 Å². The zero-order chi connectivity index (χ0) is 17.0. The second-order valence-corrected chi connectivity index (χ2v) is 6.96. The zero-order valence-corrected chi connectivity index (χ0v) is 14.3. The number of aromatic hydroxyl groups is 1. The van der Waals surface area contributed by atoms with Gasteiger partial charge in [-0.1, -0.05) is 69.0 Å². The van der Waals surface area contributed by atoms with Gasteiger partial charge in [-0.05, 0) is 47.6 Å². The molecule has 2 heteroatoms. The van der Waals surface area contributed by atoms with Gasteiger partial charge < -0.3 is 5.11 Å². The molecule has 2 aromatic rings. The summed E-state index contributed by atoms with van der Waals surface area (Å²) in [5, 5.41) is 19.1. The molecule has 0 spiro atoms. The van der Waals surface area contributed by atoms with E-state index in [1.54, 1.807) is 12.1 Å². The average Bonchev–Trinajstić information content (AvgIpc) is 3.34. The highest BCUT2D eigenvalue weighted by Crippen LogP contribution is 2.56. The molecule has 0 saturated heterocycles. The summed E-state index contributed by atoms with van der Waals surface area (Å²) in [6.07, 6.45) is 7.27. The molecule has 2 atom stereocenters. The molecule has 1 aliphatic carbocycles. The van der Waals surface area contributed by atoms with E-state index in [0.29, 0.717) is 5.92 Å². The summed E-state index contributed by atoms with van der Waals surface area (Å²) >= 11 is 0. The van der Waals surface area contributed by atoms with Crippen molar-refractivity contribution in [3.8, 4) is 22.9 Å². The summed E-state index contributed by atoms with van der Waals surface area (Å²) in [7, 11) is 0. The van der Waals surface area contributed by atoms with Crippen molar-refractivity contribution < 1.29 is 5.11 Å². The number of benzene rings is 2. The molecular formula is C22H25NO. The smallest absolute Gasteiger partial charge is 0.115 e. The van der Waals surface area contributed by atoms with E-state index in [2.05, 4.69) is 37.3 Å². The molecule has 1 saturated carbocycles. The van der Waals surface area contributed by atoms with Crippen LogP contribution in [0.3, 0.4) is 0 Å². The van der Waals surface area contributed by atoms with Gasteiger partial charge in [-0.25, -0.2) is 0 Å². The molecule has 1 aliphatic rings. The Hall–Kier alpha value is -2.27. The van der Waals surface area contributed by atoms with E-state index in [0.717, 1.165) is 23.1 Å². The third-order valence-corrected chi connectivity index (χ3v) is 5.31. The van der Waals surface area contributed by atoms with Crippen molar-refractivity contribution in [2.45, 2.75) is 50.9 Å². The summed E-state index contributed by atoms with van der Waals surface area (Å²) < 4.78 is 0. The number of nitriles is 1. The lowest BCUT2D eigenvalue weighted by atomic mass is 9.91. The molecule has 2 aromatic carbocycles. The molecule has 124 valence electrons. The summed E-state index contributed by atoms with van der Waals surface area (Å²) in [6.45, 7) is 2.23. The lowest BCUT2D eigenvalue weighted by Gasteiger charge is -2.11. The van der Waals surface area contributed by atoms with Crippen molar-refractivity contribution in [3.05, 3.63) is 54.1 Å². The molecule has 0 aliphatic heterocycles. The van der Waals surface area contributed by atoms with Gasteiger partial charge in [-0.3, -0.25) is 0 Å². The van der Waals surface area contributed by atoms with Crippen molar-refractivity contribution in [1.82, 2.24) is 0 Å². The Bertz CT molecular complexity index is 711. The first kappa shape index (κ1) is 16.6. The fourth-order valence-electron chi connectivity index (χ4n) is 3.66. The third-order valence-electron chi connectivity index (χ3n) is 5.31. The summed E-state index contributed by atoms with van der Waals surface area (Å²) in [5.74, 6) is 0.807. The molecule has 0 unspecified atom stereocenters. The highest BCUT2D eigenvalue weighted by molar-refractivity contribution is 5.65. The first-order valence-electron chi connectivity index (χ1n) is 9.01. The van der Waals surface area contributed by atoms with E-state index in [1.165, 1.54) is 32.1 Å². The van der Waals surface area contributed by atoms with Crippen LogP contribution in [0.25, 0.3) is 11.1 Å². The maximum Gasteiger partial charge on any atom is 0.115 e. The normalized spacial score (nSPS) is 22.1. The van der Waals surface area contributed by atoms with Crippen LogP contribution in [-0.2, 0) is 5.41 Å². The minimum absolute atomic E-state index is 0.250. The predicted octanol–water partition coefficient (Wildman–Crippen LogP) is 5.81. The van der Waals surface area contributed by atoms with Crippen LogP contribution in [0, 0.1) is 17.2 Å².